The molecule has 21 heavy (non-hydrogen) atoms. The van der Waals surface area contributed by atoms with Crippen LogP contribution in [0.15, 0.2) is 17.2 Å². The third-order valence-electron chi connectivity index (χ3n) is 4.25. The van der Waals surface area contributed by atoms with Crippen LogP contribution in [0.3, 0.4) is 0 Å². The van der Waals surface area contributed by atoms with E-state index in [-0.39, 0.29) is 6.04 Å². The van der Waals surface area contributed by atoms with Crippen LogP contribution in [0.4, 0.5) is 0 Å². The van der Waals surface area contributed by atoms with Crippen LogP contribution >= 0.6 is 11.8 Å². The average Bonchev–Trinajstić information content (AvgIpc) is 2.98. The summed E-state index contributed by atoms with van der Waals surface area (Å²) in [7, 11) is -3.41. The van der Waals surface area contributed by atoms with Crippen molar-refractivity contribution in [1.29, 1.82) is 0 Å². The van der Waals surface area contributed by atoms with E-state index in [2.05, 4.69) is 21.3 Å². The minimum atomic E-state index is -3.41. The van der Waals surface area contributed by atoms with E-state index in [1.807, 2.05) is 0 Å². The van der Waals surface area contributed by atoms with Crippen molar-refractivity contribution in [2.75, 3.05) is 6.26 Å². The van der Waals surface area contributed by atoms with Gasteiger partial charge in [0.2, 0.25) is 10.0 Å². The molecule has 2 fully saturated rings. The highest BCUT2D eigenvalue weighted by Gasteiger charge is 2.31. The lowest BCUT2D eigenvalue weighted by molar-refractivity contribution is 0.555. The molecule has 0 aliphatic heterocycles. The topological polar surface area (TPSA) is 74.0 Å². The van der Waals surface area contributed by atoms with Gasteiger partial charge >= 0.3 is 0 Å². The summed E-state index contributed by atoms with van der Waals surface area (Å²) in [6.45, 7) is 0.705. The predicted octanol–water partition coefficient (Wildman–Crippen LogP) is 1.83. The van der Waals surface area contributed by atoms with E-state index in [0.717, 1.165) is 25.0 Å². The number of sulfonamides is 1. The van der Waals surface area contributed by atoms with Crippen LogP contribution in [0.1, 0.15) is 37.8 Å². The van der Waals surface area contributed by atoms with Crippen LogP contribution < -0.4 is 10.0 Å². The Hall–Kier alpha value is -0.500. The van der Waals surface area contributed by atoms with Gasteiger partial charge in [0.05, 0.1) is 4.90 Å². The highest BCUT2D eigenvalue weighted by atomic mass is 32.2. The van der Waals surface area contributed by atoms with Crippen molar-refractivity contribution in [3.05, 3.63) is 18.0 Å². The minimum absolute atomic E-state index is 0.0629. The van der Waals surface area contributed by atoms with Crippen LogP contribution in [-0.4, -0.2) is 37.0 Å². The number of hydrogen-bond donors (Lipinski definition) is 3. The first-order valence-corrected chi connectivity index (χ1v) is 10.3. The molecule has 118 valence electrons. The van der Waals surface area contributed by atoms with Crippen molar-refractivity contribution in [2.45, 2.75) is 60.9 Å². The quantitative estimate of drug-likeness (QED) is 0.713. The molecule has 0 saturated heterocycles. The van der Waals surface area contributed by atoms with Gasteiger partial charge in [-0.25, -0.2) is 13.1 Å². The van der Waals surface area contributed by atoms with Crippen molar-refractivity contribution in [3.8, 4) is 0 Å². The molecule has 2 atom stereocenters. The van der Waals surface area contributed by atoms with Gasteiger partial charge in [0.15, 0.2) is 0 Å². The van der Waals surface area contributed by atoms with Crippen molar-refractivity contribution < 1.29 is 8.42 Å². The number of H-pyrrole nitrogens is 1. The molecule has 0 radical (unpaired) electrons. The maximum absolute atomic E-state index is 12.5. The van der Waals surface area contributed by atoms with Crippen LogP contribution in [0.2, 0.25) is 0 Å². The second-order valence-corrected chi connectivity index (χ2v) is 8.74. The molecule has 1 aromatic heterocycles. The molecule has 5 nitrogen and oxygen atoms in total. The summed E-state index contributed by atoms with van der Waals surface area (Å²) in [6, 6.07) is 2.42. The molecule has 2 unspecified atom stereocenters. The van der Waals surface area contributed by atoms with Gasteiger partial charge in [-0.15, -0.1) is 0 Å². The highest BCUT2D eigenvalue weighted by Crippen LogP contribution is 2.29. The molecule has 0 bridgehead atoms. The van der Waals surface area contributed by atoms with Crippen molar-refractivity contribution in [3.63, 3.8) is 0 Å². The fraction of sp³-hybridized carbons (Fsp3) is 0.714. The second kappa shape index (κ2) is 6.32. The predicted molar refractivity (Wildman–Crippen MR) is 85.9 cm³/mol. The van der Waals surface area contributed by atoms with Crippen LogP contribution in [-0.2, 0) is 16.6 Å². The molecule has 0 aromatic carbocycles. The smallest absolute Gasteiger partial charge is 0.242 e. The highest BCUT2D eigenvalue weighted by molar-refractivity contribution is 7.99. The van der Waals surface area contributed by atoms with Gasteiger partial charge in [-0.05, 0) is 38.0 Å². The molecule has 1 heterocycles. The number of hydrogen-bond acceptors (Lipinski definition) is 4. The molecule has 3 rings (SSSR count). The molecular weight excluding hydrogens is 306 g/mol. The average molecular weight is 329 g/mol. The zero-order chi connectivity index (χ0) is 14.9. The number of aromatic amines is 1. The first kappa shape index (κ1) is 15.4. The third kappa shape index (κ3) is 3.83. The maximum atomic E-state index is 12.5. The molecule has 0 spiro atoms. The minimum Gasteiger partial charge on any atom is -0.363 e. The SMILES string of the molecule is CSC1CCCC1NS(=O)(=O)c1c[nH]c(CNC2CC2)c1. The summed E-state index contributed by atoms with van der Waals surface area (Å²) in [4.78, 5) is 3.41. The lowest BCUT2D eigenvalue weighted by Gasteiger charge is -2.18. The van der Waals surface area contributed by atoms with Gasteiger partial charge in [-0.3, -0.25) is 0 Å². The van der Waals surface area contributed by atoms with Gasteiger partial charge in [0.1, 0.15) is 0 Å². The zero-order valence-corrected chi connectivity index (χ0v) is 13.9. The zero-order valence-electron chi connectivity index (χ0n) is 12.3. The Balaban J connectivity index is 1.63. The molecule has 7 heteroatoms. The summed E-state index contributed by atoms with van der Waals surface area (Å²) in [5.41, 5.74) is 0.926. The fourth-order valence-corrected chi connectivity index (χ4v) is 5.18. The Morgan fingerprint density at radius 2 is 2.14 bits per heavy atom. The number of nitrogens with one attached hydrogen (secondary N) is 3. The number of rotatable bonds is 7. The summed E-state index contributed by atoms with van der Waals surface area (Å²) in [6.07, 6.45) is 9.23. The Labute approximate surface area is 130 Å². The lowest BCUT2D eigenvalue weighted by atomic mass is 10.3. The van der Waals surface area contributed by atoms with E-state index in [4.69, 9.17) is 0 Å². The summed E-state index contributed by atoms with van der Waals surface area (Å²) < 4.78 is 27.8. The Morgan fingerprint density at radius 3 is 2.86 bits per heavy atom. The van der Waals surface area contributed by atoms with Gasteiger partial charge in [0.25, 0.3) is 0 Å². The molecule has 2 aliphatic carbocycles. The molecule has 0 amide bonds. The number of thioether (sulfide) groups is 1. The second-order valence-electron chi connectivity index (χ2n) is 5.95. The number of aromatic nitrogens is 1. The van der Waals surface area contributed by atoms with E-state index in [0.29, 0.717) is 22.7 Å². The first-order valence-electron chi connectivity index (χ1n) is 7.54. The standard InChI is InChI=1S/C14H23N3O2S2/c1-20-14-4-2-3-13(14)17-21(18,19)12-7-11(16-9-12)8-15-10-5-6-10/h7,9-10,13-17H,2-6,8H2,1H3. The molecule has 1 aromatic rings. The van der Waals surface area contributed by atoms with E-state index in [1.54, 1.807) is 24.0 Å². The third-order valence-corrected chi connectivity index (χ3v) is 6.89. The molecule has 2 saturated carbocycles. The van der Waals surface area contributed by atoms with Gasteiger partial charge in [-0.1, -0.05) is 6.42 Å². The van der Waals surface area contributed by atoms with Crippen molar-refractivity contribution >= 4 is 21.8 Å². The van der Waals surface area contributed by atoms with Crippen molar-refractivity contribution in [2.24, 2.45) is 0 Å². The molecule has 2 aliphatic rings. The first-order chi connectivity index (χ1) is 10.1. The maximum Gasteiger partial charge on any atom is 0.242 e. The van der Waals surface area contributed by atoms with Crippen molar-refractivity contribution in [1.82, 2.24) is 15.0 Å². The normalized spacial score (nSPS) is 26.3. The molecule has 3 N–H and O–H groups in total. The Kier molecular flexibility index (Phi) is 4.63. The van der Waals surface area contributed by atoms with E-state index in [9.17, 15) is 8.42 Å². The van der Waals surface area contributed by atoms with E-state index < -0.39 is 10.0 Å². The summed E-state index contributed by atoms with van der Waals surface area (Å²) in [5.74, 6) is 0. The monoisotopic (exact) mass is 329 g/mol. The van der Waals surface area contributed by atoms with Crippen LogP contribution in [0, 0.1) is 0 Å². The Morgan fingerprint density at radius 1 is 1.33 bits per heavy atom. The van der Waals surface area contributed by atoms with Gasteiger partial charge in [0, 0.05) is 35.8 Å². The largest absolute Gasteiger partial charge is 0.363 e. The van der Waals surface area contributed by atoms with E-state index >= 15 is 0 Å². The Bertz CT molecular complexity index is 581. The van der Waals surface area contributed by atoms with Crippen LogP contribution in [0.5, 0.6) is 0 Å². The summed E-state index contributed by atoms with van der Waals surface area (Å²) in [5, 5.41) is 3.78. The van der Waals surface area contributed by atoms with Gasteiger partial charge in [-0.2, -0.15) is 11.8 Å². The fourth-order valence-electron chi connectivity index (χ4n) is 2.83. The van der Waals surface area contributed by atoms with E-state index in [1.165, 1.54) is 12.8 Å². The lowest BCUT2D eigenvalue weighted by Crippen LogP contribution is -2.38. The summed E-state index contributed by atoms with van der Waals surface area (Å²) >= 11 is 1.76. The molecular formula is C14H23N3O2S2. The van der Waals surface area contributed by atoms with Crippen LogP contribution in [0.25, 0.3) is 0 Å². The van der Waals surface area contributed by atoms with Gasteiger partial charge < -0.3 is 10.3 Å².